The Morgan fingerprint density at radius 1 is 0.941 bits per heavy atom. The van der Waals surface area contributed by atoms with E-state index in [0.717, 1.165) is 31.8 Å². The van der Waals surface area contributed by atoms with Crippen molar-refractivity contribution in [3.05, 3.63) is 29.3 Å². The van der Waals surface area contributed by atoms with Crippen LogP contribution in [0.15, 0.2) is 18.2 Å². The Labute approximate surface area is 104 Å². The van der Waals surface area contributed by atoms with Gasteiger partial charge in [0.15, 0.2) is 0 Å². The number of aryl methyl sites for hydroxylation is 2. The fourth-order valence-corrected chi connectivity index (χ4v) is 1.65. The average Bonchev–Trinajstić information content (AvgIpc) is 2.26. The third-order valence-electron chi connectivity index (χ3n) is 2.39. The lowest BCUT2D eigenvalue weighted by atomic mass is 10.1. The van der Waals surface area contributed by atoms with Gasteiger partial charge in [0.2, 0.25) is 0 Å². The van der Waals surface area contributed by atoms with Crippen molar-refractivity contribution in [2.45, 2.75) is 26.7 Å². The smallest absolute Gasteiger partial charge is 0.119 e. The van der Waals surface area contributed by atoms with Crippen molar-refractivity contribution in [2.75, 3.05) is 26.4 Å². The molecule has 17 heavy (non-hydrogen) atoms. The average molecular weight is 237 g/mol. The Morgan fingerprint density at radius 2 is 1.59 bits per heavy atom. The lowest BCUT2D eigenvalue weighted by molar-refractivity contribution is 0.118. The molecule has 0 atom stereocenters. The Bertz CT molecular complexity index is 306. The van der Waals surface area contributed by atoms with Gasteiger partial charge in [0, 0.05) is 19.6 Å². The van der Waals surface area contributed by atoms with Crippen LogP contribution in [0.1, 0.15) is 24.0 Å². The van der Waals surface area contributed by atoms with Crippen LogP contribution in [0.4, 0.5) is 0 Å². The van der Waals surface area contributed by atoms with Crippen LogP contribution in [0.2, 0.25) is 0 Å². The number of hydrogen-bond acceptors (Lipinski definition) is 3. The minimum atomic E-state index is 0.694. The SMILES string of the molecule is Cc1cc(C)cc(OCCCOCCCN)c1. The van der Waals surface area contributed by atoms with Gasteiger partial charge in [-0.1, -0.05) is 6.07 Å². The van der Waals surface area contributed by atoms with E-state index in [1.165, 1.54) is 11.1 Å². The molecule has 0 spiro atoms. The summed E-state index contributed by atoms with van der Waals surface area (Å²) >= 11 is 0. The minimum absolute atomic E-state index is 0.694. The summed E-state index contributed by atoms with van der Waals surface area (Å²) in [5.74, 6) is 0.949. The van der Waals surface area contributed by atoms with Gasteiger partial charge in [0.05, 0.1) is 6.61 Å². The minimum Gasteiger partial charge on any atom is -0.493 e. The highest BCUT2D eigenvalue weighted by Crippen LogP contribution is 2.16. The van der Waals surface area contributed by atoms with Crippen molar-refractivity contribution >= 4 is 0 Å². The predicted octanol–water partition coefficient (Wildman–Crippen LogP) is 2.44. The maximum Gasteiger partial charge on any atom is 0.119 e. The first-order chi connectivity index (χ1) is 8.22. The van der Waals surface area contributed by atoms with Crippen LogP contribution >= 0.6 is 0 Å². The van der Waals surface area contributed by atoms with E-state index in [1.54, 1.807) is 0 Å². The number of rotatable bonds is 8. The number of nitrogens with two attached hydrogens (primary N) is 1. The Balaban J connectivity index is 2.13. The molecule has 1 aromatic carbocycles. The van der Waals surface area contributed by atoms with Crippen LogP contribution in [-0.4, -0.2) is 26.4 Å². The second-order valence-electron chi connectivity index (χ2n) is 4.28. The third kappa shape index (κ3) is 6.29. The van der Waals surface area contributed by atoms with Crippen LogP contribution in [0.3, 0.4) is 0 Å². The highest BCUT2D eigenvalue weighted by Gasteiger charge is 1.97. The second kappa shape index (κ2) is 8.09. The van der Waals surface area contributed by atoms with Crippen LogP contribution in [-0.2, 0) is 4.74 Å². The molecule has 0 saturated heterocycles. The predicted molar refractivity (Wildman–Crippen MR) is 70.5 cm³/mol. The van der Waals surface area contributed by atoms with Crippen molar-refractivity contribution in [2.24, 2.45) is 5.73 Å². The fraction of sp³-hybridized carbons (Fsp3) is 0.571. The molecule has 0 unspecified atom stereocenters. The Hall–Kier alpha value is -1.06. The van der Waals surface area contributed by atoms with Gasteiger partial charge in [-0.05, 0) is 50.1 Å². The topological polar surface area (TPSA) is 44.5 Å². The van der Waals surface area contributed by atoms with E-state index >= 15 is 0 Å². The molecule has 1 rings (SSSR count). The Morgan fingerprint density at radius 3 is 2.24 bits per heavy atom. The molecule has 0 saturated carbocycles. The first kappa shape index (κ1) is 14.0. The molecule has 3 heteroatoms. The zero-order chi connectivity index (χ0) is 12.5. The first-order valence-corrected chi connectivity index (χ1v) is 6.21. The molecule has 0 bridgehead atoms. The summed E-state index contributed by atoms with van der Waals surface area (Å²) in [5, 5.41) is 0. The molecular formula is C14H23NO2. The molecule has 0 radical (unpaired) electrons. The summed E-state index contributed by atoms with van der Waals surface area (Å²) in [4.78, 5) is 0. The van der Waals surface area contributed by atoms with E-state index in [9.17, 15) is 0 Å². The monoisotopic (exact) mass is 237 g/mol. The van der Waals surface area contributed by atoms with Gasteiger partial charge in [-0.3, -0.25) is 0 Å². The fourth-order valence-electron chi connectivity index (χ4n) is 1.65. The molecule has 0 aliphatic rings. The van der Waals surface area contributed by atoms with Gasteiger partial charge in [-0.25, -0.2) is 0 Å². The van der Waals surface area contributed by atoms with Gasteiger partial charge in [0.1, 0.15) is 5.75 Å². The summed E-state index contributed by atoms with van der Waals surface area (Å²) in [7, 11) is 0. The lowest BCUT2D eigenvalue weighted by Crippen LogP contribution is -2.07. The van der Waals surface area contributed by atoms with Crippen LogP contribution in [0.5, 0.6) is 5.75 Å². The van der Waals surface area contributed by atoms with Gasteiger partial charge < -0.3 is 15.2 Å². The van der Waals surface area contributed by atoms with E-state index in [0.29, 0.717) is 13.2 Å². The van der Waals surface area contributed by atoms with Crippen molar-refractivity contribution < 1.29 is 9.47 Å². The first-order valence-electron chi connectivity index (χ1n) is 6.21. The molecule has 0 fully saturated rings. The van der Waals surface area contributed by atoms with Crippen molar-refractivity contribution in [3.63, 3.8) is 0 Å². The molecule has 1 aromatic rings. The van der Waals surface area contributed by atoms with Crippen molar-refractivity contribution in [1.29, 1.82) is 0 Å². The van der Waals surface area contributed by atoms with Crippen LogP contribution < -0.4 is 10.5 Å². The molecule has 0 amide bonds. The molecule has 0 aliphatic carbocycles. The quantitative estimate of drug-likeness (QED) is 0.706. The summed E-state index contributed by atoms with van der Waals surface area (Å²) in [5.41, 5.74) is 7.84. The summed E-state index contributed by atoms with van der Waals surface area (Å²) in [6, 6.07) is 6.26. The maximum absolute atomic E-state index is 5.67. The molecule has 3 nitrogen and oxygen atoms in total. The third-order valence-corrected chi connectivity index (χ3v) is 2.39. The van der Waals surface area contributed by atoms with Gasteiger partial charge >= 0.3 is 0 Å². The largest absolute Gasteiger partial charge is 0.493 e. The second-order valence-corrected chi connectivity index (χ2v) is 4.28. The van der Waals surface area contributed by atoms with E-state index in [2.05, 4.69) is 32.0 Å². The Kier molecular flexibility index (Phi) is 6.67. The van der Waals surface area contributed by atoms with Crippen molar-refractivity contribution in [3.8, 4) is 5.75 Å². The molecule has 96 valence electrons. The normalized spacial score (nSPS) is 10.5. The van der Waals surface area contributed by atoms with Crippen LogP contribution in [0.25, 0.3) is 0 Å². The van der Waals surface area contributed by atoms with E-state index in [4.69, 9.17) is 15.2 Å². The highest BCUT2D eigenvalue weighted by atomic mass is 16.5. The highest BCUT2D eigenvalue weighted by molar-refractivity contribution is 5.32. The summed E-state index contributed by atoms with van der Waals surface area (Å²) in [6.45, 7) is 7.04. The van der Waals surface area contributed by atoms with E-state index < -0.39 is 0 Å². The standard InChI is InChI=1S/C14H23NO2/c1-12-9-13(2)11-14(10-12)17-8-4-7-16-6-3-5-15/h9-11H,3-8,15H2,1-2H3. The number of ether oxygens (including phenoxy) is 2. The lowest BCUT2D eigenvalue weighted by Gasteiger charge is -2.08. The van der Waals surface area contributed by atoms with Crippen molar-refractivity contribution in [1.82, 2.24) is 0 Å². The molecule has 0 aliphatic heterocycles. The molecule has 0 aromatic heterocycles. The van der Waals surface area contributed by atoms with E-state index in [-0.39, 0.29) is 0 Å². The van der Waals surface area contributed by atoms with E-state index in [1.807, 2.05) is 0 Å². The van der Waals surface area contributed by atoms with Crippen LogP contribution in [0, 0.1) is 13.8 Å². The molecule has 0 heterocycles. The molecule has 2 N–H and O–H groups in total. The molecular weight excluding hydrogens is 214 g/mol. The number of benzene rings is 1. The van der Waals surface area contributed by atoms with Gasteiger partial charge in [0.25, 0.3) is 0 Å². The van der Waals surface area contributed by atoms with Gasteiger partial charge in [-0.2, -0.15) is 0 Å². The zero-order valence-electron chi connectivity index (χ0n) is 10.9. The summed E-state index contributed by atoms with van der Waals surface area (Å²) < 4.78 is 11.1. The zero-order valence-corrected chi connectivity index (χ0v) is 10.9. The summed E-state index contributed by atoms with van der Waals surface area (Å²) in [6.07, 6.45) is 1.84. The maximum atomic E-state index is 5.67. The van der Waals surface area contributed by atoms with Gasteiger partial charge in [-0.15, -0.1) is 0 Å². The number of hydrogen-bond donors (Lipinski definition) is 1.